The summed E-state index contributed by atoms with van der Waals surface area (Å²) in [4.78, 5) is 28.2. The predicted octanol–water partition coefficient (Wildman–Crippen LogP) is 5.09. The van der Waals surface area contributed by atoms with E-state index >= 15 is 0 Å². The molecule has 0 radical (unpaired) electrons. The summed E-state index contributed by atoms with van der Waals surface area (Å²) in [6, 6.07) is 16.5. The molecule has 200 valence electrons. The van der Waals surface area contributed by atoms with Gasteiger partial charge in [-0.1, -0.05) is 6.07 Å². The second kappa shape index (κ2) is 11.6. The van der Waals surface area contributed by atoms with Gasteiger partial charge in [-0.05, 0) is 74.9 Å². The van der Waals surface area contributed by atoms with Gasteiger partial charge in [0, 0.05) is 11.8 Å². The maximum Gasteiger partial charge on any atom is 0.300 e. The third-order valence-corrected chi connectivity index (χ3v) is 6.14. The second-order valence-electron chi connectivity index (χ2n) is 8.51. The van der Waals surface area contributed by atoms with Crippen LogP contribution in [0.4, 0.5) is 5.69 Å². The largest absolute Gasteiger partial charge is 0.507 e. The van der Waals surface area contributed by atoms with Crippen LogP contribution >= 0.6 is 0 Å². The molecular weight excluding hydrogens is 500 g/mol. The number of hydrogen-bond acceptors (Lipinski definition) is 8. The van der Waals surface area contributed by atoms with Gasteiger partial charge in [0.15, 0.2) is 11.5 Å². The molecule has 1 atom stereocenters. The molecule has 4 rings (SSSR count). The number of aliphatic hydroxyl groups excluding tert-OH is 1. The average molecular weight is 529 g/mol. The van der Waals surface area contributed by atoms with Crippen LogP contribution in [0, 0.1) is 11.3 Å². The molecule has 2 N–H and O–H groups in total. The van der Waals surface area contributed by atoms with Crippen molar-refractivity contribution in [3.63, 3.8) is 0 Å². The normalized spacial score (nSPS) is 16.2. The lowest BCUT2D eigenvalue weighted by Gasteiger charge is -2.26. The zero-order valence-corrected chi connectivity index (χ0v) is 21.8. The zero-order chi connectivity index (χ0) is 28.1. The van der Waals surface area contributed by atoms with E-state index in [4.69, 9.17) is 14.2 Å². The molecule has 3 aromatic rings. The Kier molecular flexibility index (Phi) is 8.06. The Hall–Kier alpha value is -4.97. The summed E-state index contributed by atoms with van der Waals surface area (Å²) in [6.45, 7) is 6.37. The zero-order valence-electron chi connectivity index (χ0n) is 21.8. The van der Waals surface area contributed by atoms with Crippen LogP contribution in [0.2, 0.25) is 0 Å². The topological polar surface area (TPSA) is 129 Å². The molecule has 3 aromatic carbocycles. The molecule has 1 saturated heterocycles. The molecule has 0 saturated carbocycles. The number of amides is 1. The first-order chi connectivity index (χ1) is 18.8. The number of aliphatic hydroxyl groups is 1. The molecule has 0 aliphatic carbocycles. The number of phenols is 1. The smallest absolute Gasteiger partial charge is 0.300 e. The number of nitrogens with zero attached hydrogens (tertiary/aromatic N) is 2. The number of anilines is 1. The summed E-state index contributed by atoms with van der Waals surface area (Å²) in [5.74, 6) is -1.33. The van der Waals surface area contributed by atoms with Crippen LogP contribution in [-0.2, 0) is 9.59 Å². The molecule has 1 aliphatic heterocycles. The number of ether oxygens (including phenoxy) is 3. The highest BCUT2D eigenvalue weighted by atomic mass is 16.5. The van der Waals surface area contributed by atoms with Crippen molar-refractivity contribution >= 4 is 23.1 Å². The Bertz CT molecular complexity index is 1470. The highest BCUT2D eigenvalue weighted by molar-refractivity contribution is 6.51. The fraction of sp³-hybridized carbons (Fsp3) is 0.233. The summed E-state index contributed by atoms with van der Waals surface area (Å²) in [5, 5.41) is 31.1. The first-order valence-electron chi connectivity index (χ1n) is 12.5. The van der Waals surface area contributed by atoms with Gasteiger partial charge >= 0.3 is 0 Å². The summed E-state index contributed by atoms with van der Waals surface area (Å²) in [7, 11) is 0. The maximum atomic E-state index is 13.5. The number of benzene rings is 3. The van der Waals surface area contributed by atoms with Gasteiger partial charge in [-0.3, -0.25) is 14.5 Å². The van der Waals surface area contributed by atoms with E-state index in [0.717, 1.165) is 0 Å². The molecule has 1 heterocycles. The van der Waals surface area contributed by atoms with Crippen molar-refractivity contribution in [1.29, 1.82) is 5.26 Å². The molecule has 0 spiro atoms. The summed E-state index contributed by atoms with van der Waals surface area (Å²) >= 11 is 0. The molecule has 0 bridgehead atoms. The monoisotopic (exact) mass is 528 g/mol. The predicted molar refractivity (Wildman–Crippen MR) is 144 cm³/mol. The Morgan fingerprint density at radius 2 is 1.56 bits per heavy atom. The van der Waals surface area contributed by atoms with Gasteiger partial charge in [-0.2, -0.15) is 5.26 Å². The molecule has 9 nitrogen and oxygen atoms in total. The molecule has 1 fully saturated rings. The van der Waals surface area contributed by atoms with Crippen molar-refractivity contribution in [1.82, 2.24) is 0 Å². The van der Waals surface area contributed by atoms with E-state index in [2.05, 4.69) is 0 Å². The lowest BCUT2D eigenvalue weighted by atomic mass is 9.94. The summed E-state index contributed by atoms with van der Waals surface area (Å²) < 4.78 is 16.8. The van der Waals surface area contributed by atoms with Crippen LogP contribution in [0.3, 0.4) is 0 Å². The van der Waals surface area contributed by atoms with Crippen LogP contribution in [0.25, 0.3) is 5.76 Å². The number of carbonyl (C=O) groups excluding carboxylic acids is 2. The van der Waals surface area contributed by atoms with Crippen LogP contribution < -0.4 is 19.1 Å². The highest BCUT2D eigenvalue weighted by Crippen LogP contribution is 2.45. The van der Waals surface area contributed by atoms with Crippen molar-refractivity contribution < 1.29 is 34.0 Å². The number of Topliss-reactive ketones (excluding diaryl/α,β-unsaturated/α-hetero) is 1. The molecule has 1 amide bonds. The number of nitriles is 1. The van der Waals surface area contributed by atoms with Crippen LogP contribution in [0.15, 0.2) is 66.2 Å². The first-order valence-corrected chi connectivity index (χ1v) is 12.5. The van der Waals surface area contributed by atoms with Crippen molar-refractivity contribution in [3.8, 4) is 29.1 Å². The Labute approximate surface area is 226 Å². The quantitative estimate of drug-likeness (QED) is 0.223. The van der Waals surface area contributed by atoms with E-state index < -0.39 is 23.5 Å². The molecule has 1 unspecified atom stereocenters. The van der Waals surface area contributed by atoms with E-state index in [1.165, 1.54) is 29.2 Å². The number of rotatable bonds is 9. The van der Waals surface area contributed by atoms with Gasteiger partial charge < -0.3 is 24.4 Å². The molecule has 39 heavy (non-hydrogen) atoms. The number of ketones is 1. The van der Waals surface area contributed by atoms with Gasteiger partial charge in [-0.15, -0.1) is 0 Å². The molecule has 9 heteroatoms. The number of aromatic hydroxyl groups is 1. The third-order valence-electron chi connectivity index (χ3n) is 6.14. The fourth-order valence-electron chi connectivity index (χ4n) is 4.46. The maximum absolute atomic E-state index is 13.5. The minimum Gasteiger partial charge on any atom is -0.507 e. The Balaban J connectivity index is 1.96. The van der Waals surface area contributed by atoms with Gasteiger partial charge in [-0.25, -0.2) is 0 Å². The minimum atomic E-state index is -1.07. The van der Waals surface area contributed by atoms with Crippen LogP contribution in [-0.4, -0.2) is 41.7 Å². The minimum absolute atomic E-state index is 0.110. The van der Waals surface area contributed by atoms with Crippen molar-refractivity contribution in [3.05, 3.63) is 82.9 Å². The lowest BCUT2D eigenvalue weighted by Crippen LogP contribution is -2.29. The van der Waals surface area contributed by atoms with Gasteiger partial charge in [0.25, 0.3) is 11.7 Å². The molecular formula is C30H28N2O7. The van der Waals surface area contributed by atoms with Crippen LogP contribution in [0.5, 0.6) is 23.0 Å². The SMILES string of the molecule is CCOc1ccc(/C(O)=C2\C(=O)C(=O)N(c3ccc(C#N)cc3)C2c2ccc(O)c(OCC)c2)c(OCC)c1. The highest BCUT2D eigenvalue weighted by Gasteiger charge is 2.47. The standard InChI is InChI=1S/C30H28N2O7/c1-4-37-21-12-13-22(24(16-21)38-5-2)28(34)26-27(19-9-14-23(33)25(15-19)39-6-3)32(30(36)29(26)35)20-10-7-18(17-31)8-11-20/h7-16,27,33-34H,4-6H2,1-3H3/b28-26+. The third kappa shape index (κ3) is 5.22. The van der Waals surface area contributed by atoms with E-state index in [9.17, 15) is 25.1 Å². The Morgan fingerprint density at radius 3 is 2.21 bits per heavy atom. The molecule has 0 aromatic heterocycles. The first kappa shape index (κ1) is 27.1. The van der Waals surface area contributed by atoms with E-state index in [0.29, 0.717) is 29.2 Å². The molecule has 1 aliphatic rings. The summed E-state index contributed by atoms with van der Waals surface area (Å²) in [5.41, 5.74) is 1.20. The average Bonchev–Trinajstić information content (AvgIpc) is 3.20. The fourth-order valence-corrected chi connectivity index (χ4v) is 4.46. The van der Waals surface area contributed by atoms with Crippen molar-refractivity contribution in [2.75, 3.05) is 24.7 Å². The Morgan fingerprint density at radius 1 is 0.897 bits per heavy atom. The van der Waals surface area contributed by atoms with Gasteiger partial charge in [0.1, 0.15) is 17.3 Å². The van der Waals surface area contributed by atoms with E-state index in [1.54, 1.807) is 50.2 Å². The van der Waals surface area contributed by atoms with Crippen molar-refractivity contribution in [2.45, 2.75) is 26.8 Å². The van der Waals surface area contributed by atoms with Gasteiger partial charge in [0.2, 0.25) is 0 Å². The summed E-state index contributed by atoms with van der Waals surface area (Å²) in [6.07, 6.45) is 0. The van der Waals surface area contributed by atoms with Crippen molar-refractivity contribution in [2.24, 2.45) is 0 Å². The number of hydrogen-bond donors (Lipinski definition) is 2. The van der Waals surface area contributed by atoms with Crippen LogP contribution in [0.1, 0.15) is 43.5 Å². The number of carbonyl (C=O) groups is 2. The second-order valence-corrected chi connectivity index (χ2v) is 8.51. The van der Waals surface area contributed by atoms with E-state index in [1.807, 2.05) is 13.0 Å². The van der Waals surface area contributed by atoms with Gasteiger partial charge in [0.05, 0.1) is 48.6 Å². The van der Waals surface area contributed by atoms with E-state index in [-0.39, 0.29) is 41.6 Å². The number of phenolic OH excluding ortho intramolecular Hbond substituents is 1. The lowest BCUT2D eigenvalue weighted by molar-refractivity contribution is -0.132.